The zero-order valence-electron chi connectivity index (χ0n) is 15.6. The molecule has 2 aromatic carbocycles. The number of carbonyl (C=O) groups excluding carboxylic acids is 2. The third-order valence-corrected chi connectivity index (χ3v) is 4.59. The van der Waals surface area contributed by atoms with Gasteiger partial charge >= 0.3 is 12.1 Å². The maximum atomic E-state index is 12.7. The van der Waals surface area contributed by atoms with Crippen molar-refractivity contribution >= 4 is 12.1 Å². The van der Waals surface area contributed by atoms with Crippen molar-refractivity contribution in [2.75, 3.05) is 13.7 Å². The molecule has 7 heteroatoms. The molecule has 0 aromatic heterocycles. The molecule has 3 rings (SSSR count). The summed E-state index contributed by atoms with van der Waals surface area (Å²) in [5, 5.41) is 10.2. The second-order valence-electron chi connectivity index (χ2n) is 6.50. The number of esters is 1. The molecule has 2 aromatic rings. The zero-order valence-corrected chi connectivity index (χ0v) is 15.6. The minimum absolute atomic E-state index is 0.0651. The Balaban J connectivity index is 1.66. The van der Waals surface area contributed by atoms with Crippen LogP contribution in [-0.2, 0) is 32.2 Å². The molecule has 1 N–H and O–H groups in total. The van der Waals surface area contributed by atoms with E-state index in [0.29, 0.717) is 0 Å². The van der Waals surface area contributed by atoms with Crippen molar-refractivity contribution in [3.05, 3.63) is 71.8 Å². The molecule has 0 spiro atoms. The van der Waals surface area contributed by atoms with Crippen LogP contribution < -0.4 is 0 Å². The van der Waals surface area contributed by atoms with E-state index in [1.54, 1.807) is 0 Å². The topological polar surface area (TPSA) is 85.3 Å². The Hall–Kier alpha value is -2.90. The number of hydrogen-bond donors (Lipinski definition) is 1. The highest BCUT2D eigenvalue weighted by Crippen LogP contribution is 2.24. The van der Waals surface area contributed by atoms with E-state index in [4.69, 9.17) is 14.2 Å². The van der Waals surface area contributed by atoms with Crippen molar-refractivity contribution in [3.63, 3.8) is 0 Å². The van der Waals surface area contributed by atoms with Gasteiger partial charge in [0.15, 0.2) is 6.04 Å². The minimum Gasteiger partial charge on any atom is -0.459 e. The Bertz CT molecular complexity index is 782. The Morgan fingerprint density at radius 1 is 0.964 bits per heavy atom. The van der Waals surface area contributed by atoms with Gasteiger partial charge in [0.1, 0.15) is 25.4 Å². The van der Waals surface area contributed by atoms with Gasteiger partial charge in [-0.3, -0.25) is 4.90 Å². The van der Waals surface area contributed by atoms with Crippen LogP contribution in [0, 0.1) is 0 Å². The summed E-state index contributed by atoms with van der Waals surface area (Å²) in [6, 6.07) is 17.3. The lowest BCUT2D eigenvalue weighted by molar-refractivity contribution is -0.154. The summed E-state index contributed by atoms with van der Waals surface area (Å²) in [6.07, 6.45) is -2.60. The van der Waals surface area contributed by atoms with Gasteiger partial charge in [-0.1, -0.05) is 60.7 Å². The lowest BCUT2D eigenvalue weighted by Gasteiger charge is -2.25. The molecule has 1 amide bonds. The highest BCUT2D eigenvalue weighted by Gasteiger charge is 2.49. The van der Waals surface area contributed by atoms with Crippen molar-refractivity contribution in [1.29, 1.82) is 0 Å². The molecule has 1 fully saturated rings. The Labute approximate surface area is 163 Å². The molecule has 3 atom stereocenters. The number of aliphatic hydroxyl groups excluding tert-OH is 1. The molecule has 7 nitrogen and oxygen atoms in total. The van der Waals surface area contributed by atoms with Gasteiger partial charge in [-0.2, -0.15) is 0 Å². The quantitative estimate of drug-likeness (QED) is 0.767. The summed E-state index contributed by atoms with van der Waals surface area (Å²) in [5.74, 6) is -0.649. The molecule has 1 saturated heterocycles. The van der Waals surface area contributed by atoms with Crippen LogP contribution >= 0.6 is 0 Å². The summed E-state index contributed by atoms with van der Waals surface area (Å²) in [6.45, 7) is 0.0581. The smallest absolute Gasteiger partial charge is 0.411 e. The first-order chi connectivity index (χ1) is 13.6. The van der Waals surface area contributed by atoms with E-state index in [-0.39, 0.29) is 19.8 Å². The highest BCUT2D eigenvalue weighted by molar-refractivity contribution is 5.83. The molecular formula is C21H23NO6. The van der Waals surface area contributed by atoms with Crippen molar-refractivity contribution < 1.29 is 28.9 Å². The fourth-order valence-electron chi connectivity index (χ4n) is 3.16. The normalized spacial score (nSPS) is 21.4. The van der Waals surface area contributed by atoms with Crippen LogP contribution in [0.4, 0.5) is 4.79 Å². The molecular weight excluding hydrogens is 362 g/mol. The SMILES string of the molecule is CO[C@H]1[C@H](O)CN(C(=O)OCc2ccccc2)[C@@H]1C(=O)OCc1ccccc1. The summed E-state index contributed by atoms with van der Waals surface area (Å²) in [5.41, 5.74) is 1.64. The Morgan fingerprint density at radius 3 is 2.04 bits per heavy atom. The van der Waals surface area contributed by atoms with Crippen LogP contribution in [0.3, 0.4) is 0 Å². The van der Waals surface area contributed by atoms with Gasteiger partial charge in [-0.05, 0) is 11.1 Å². The number of ether oxygens (including phenoxy) is 3. The molecule has 0 unspecified atom stereocenters. The average molecular weight is 385 g/mol. The molecule has 0 bridgehead atoms. The molecule has 1 aliphatic heterocycles. The van der Waals surface area contributed by atoms with Gasteiger partial charge in [0.05, 0.1) is 6.54 Å². The van der Waals surface area contributed by atoms with Crippen LogP contribution in [0.25, 0.3) is 0 Å². The van der Waals surface area contributed by atoms with E-state index in [1.165, 1.54) is 7.11 Å². The monoisotopic (exact) mass is 385 g/mol. The van der Waals surface area contributed by atoms with Crippen LogP contribution in [0.5, 0.6) is 0 Å². The van der Waals surface area contributed by atoms with Crippen molar-refractivity contribution in [2.24, 2.45) is 0 Å². The van der Waals surface area contributed by atoms with Gasteiger partial charge in [-0.15, -0.1) is 0 Å². The number of methoxy groups -OCH3 is 1. The van der Waals surface area contributed by atoms with Crippen molar-refractivity contribution in [2.45, 2.75) is 31.5 Å². The minimum atomic E-state index is -1.08. The molecule has 1 heterocycles. The van der Waals surface area contributed by atoms with E-state index in [1.807, 2.05) is 60.7 Å². The standard InChI is InChI=1S/C21H23NO6/c1-26-19-17(23)12-22(21(25)28-14-16-10-6-3-7-11-16)18(19)20(24)27-13-15-8-4-2-5-9-15/h2-11,17-19,23H,12-14H2,1H3/t17-,18+,19+/m1/s1. The van der Waals surface area contributed by atoms with E-state index < -0.39 is 30.3 Å². The maximum absolute atomic E-state index is 12.7. The molecule has 0 aliphatic carbocycles. The summed E-state index contributed by atoms with van der Waals surface area (Å²) in [7, 11) is 1.38. The first-order valence-electron chi connectivity index (χ1n) is 8.99. The van der Waals surface area contributed by atoms with Crippen LogP contribution in [0.15, 0.2) is 60.7 Å². The number of likely N-dealkylation sites (tertiary alicyclic amines) is 1. The largest absolute Gasteiger partial charge is 0.459 e. The number of aliphatic hydroxyl groups is 1. The first-order valence-corrected chi connectivity index (χ1v) is 8.99. The second-order valence-corrected chi connectivity index (χ2v) is 6.50. The number of carbonyl (C=O) groups is 2. The molecule has 28 heavy (non-hydrogen) atoms. The van der Waals surface area contributed by atoms with Crippen LogP contribution in [-0.4, -0.2) is 54.0 Å². The average Bonchev–Trinajstić information content (AvgIpc) is 3.08. The van der Waals surface area contributed by atoms with Gasteiger partial charge in [0, 0.05) is 7.11 Å². The third kappa shape index (κ3) is 4.68. The van der Waals surface area contributed by atoms with Gasteiger partial charge in [-0.25, -0.2) is 9.59 Å². The summed E-state index contributed by atoms with van der Waals surface area (Å²) >= 11 is 0. The molecule has 0 radical (unpaired) electrons. The fourth-order valence-corrected chi connectivity index (χ4v) is 3.16. The molecule has 1 aliphatic rings. The first kappa shape index (κ1) is 19.9. The summed E-state index contributed by atoms with van der Waals surface area (Å²) < 4.78 is 15.9. The number of β-amino-alcohol motifs (C(OH)–C–C–N with tert-alkyl or cyclic N) is 1. The van der Waals surface area contributed by atoms with Crippen LogP contribution in [0.2, 0.25) is 0 Å². The molecule has 148 valence electrons. The zero-order chi connectivity index (χ0) is 19.9. The number of rotatable bonds is 6. The second kappa shape index (κ2) is 9.34. The number of amides is 1. The van der Waals surface area contributed by atoms with E-state index >= 15 is 0 Å². The van der Waals surface area contributed by atoms with E-state index in [9.17, 15) is 14.7 Å². The number of benzene rings is 2. The van der Waals surface area contributed by atoms with E-state index in [0.717, 1.165) is 16.0 Å². The number of nitrogens with zero attached hydrogens (tertiary/aromatic N) is 1. The van der Waals surface area contributed by atoms with Gasteiger partial charge in [0.2, 0.25) is 0 Å². The lowest BCUT2D eigenvalue weighted by Crippen LogP contribution is -2.47. The maximum Gasteiger partial charge on any atom is 0.411 e. The Morgan fingerprint density at radius 2 is 1.50 bits per heavy atom. The van der Waals surface area contributed by atoms with Gasteiger partial charge in [0.25, 0.3) is 0 Å². The predicted octanol–water partition coefficient (Wildman–Crippen LogP) is 2.13. The number of hydrogen-bond acceptors (Lipinski definition) is 6. The molecule has 0 saturated carbocycles. The van der Waals surface area contributed by atoms with E-state index in [2.05, 4.69) is 0 Å². The van der Waals surface area contributed by atoms with Gasteiger partial charge < -0.3 is 19.3 Å². The summed E-state index contributed by atoms with van der Waals surface area (Å²) in [4.78, 5) is 26.4. The van der Waals surface area contributed by atoms with Crippen molar-refractivity contribution in [3.8, 4) is 0 Å². The fraction of sp³-hybridized carbons (Fsp3) is 0.333. The highest BCUT2D eigenvalue weighted by atomic mass is 16.6. The lowest BCUT2D eigenvalue weighted by atomic mass is 10.1. The van der Waals surface area contributed by atoms with Crippen LogP contribution in [0.1, 0.15) is 11.1 Å². The Kier molecular flexibility index (Phi) is 6.62. The van der Waals surface area contributed by atoms with Crippen molar-refractivity contribution in [1.82, 2.24) is 4.90 Å². The third-order valence-electron chi connectivity index (χ3n) is 4.59. The predicted molar refractivity (Wildman–Crippen MR) is 100 cm³/mol.